The highest BCUT2D eigenvalue weighted by Gasteiger charge is 2.05. The minimum absolute atomic E-state index is 0.293. The first-order chi connectivity index (χ1) is 8.21. The summed E-state index contributed by atoms with van der Waals surface area (Å²) in [6.45, 7) is 3.46. The molecule has 1 N–H and O–H groups in total. The van der Waals surface area contributed by atoms with Gasteiger partial charge in [-0.05, 0) is 24.6 Å². The number of hydrogen-bond acceptors (Lipinski definition) is 4. The molecule has 1 aromatic carbocycles. The molecule has 0 saturated heterocycles. The third kappa shape index (κ3) is 4.06. The highest BCUT2D eigenvalue weighted by Crippen LogP contribution is 2.19. The SMILES string of the molecule is COCC(C)NCc1ccc(C#N)c(OC)c1. The van der Waals surface area contributed by atoms with Gasteiger partial charge in [0.15, 0.2) is 0 Å². The van der Waals surface area contributed by atoms with Crippen LogP contribution < -0.4 is 10.1 Å². The fourth-order valence-corrected chi connectivity index (χ4v) is 1.54. The van der Waals surface area contributed by atoms with Gasteiger partial charge in [-0.2, -0.15) is 5.26 Å². The number of ether oxygens (including phenoxy) is 2. The van der Waals surface area contributed by atoms with Crippen LogP contribution in [0.3, 0.4) is 0 Å². The van der Waals surface area contributed by atoms with Crippen molar-refractivity contribution < 1.29 is 9.47 Å². The molecule has 0 heterocycles. The van der Waals surface area contributed by atoms with E-state index < -0.39 is 0 Å². The van der Waals surface area contributed by atoms with Gasteiger partial charge in [0.1, 0.15) is 11.8 Å². The normalized spacial score (nSPS) is 11.9. The van der Waals surface area contributed by atoms with Gasteiger partial charge in [0.25, 0.3) is 0 Å². The Morgan fingerprint density at radius 3 is 2.76 bits per heavy atom. The average molecular weight is 234 g/mol. The lowest BCUT2D eigenvalue weighted by atomic mass is 10.1. The van der Waals surface area contributed by atoms with Crippen LogP contribution in [0, 0.1) is 11.3 Å². The molecule has 0 fully saturated rings. The van der Waals surface area contributed by atoms with Crippen LogP contribution in [-0.2, 0) is 11.3 Å². The highest BCUT2D eigenvalue weighted by atomic mass is 16.5. The van der Waals surface area contributed by atoms with Gasteiger partial charge in [-0.15, -0.1) is 0 Å². The van der Waals surface area contributed by atoms with Crippen LogP contribution in [-0.4, -0.2) is 26.9 Å². The topological polar surface area (TPSA) is 54.3 Å². The molecule has 1 rings (SSSR count). The van der Waals surface area contributed by atoms with E-state index in [1.54, 1.807) is 20.3 Å². The lowest BCUT2D eigenvalue weighted by Gasteiger charge is -2.13. The first kappa shape index (κ1) is 13.5. The number of hydrogen-bond donors (Lipinski definition) is 1. The monoisotopic (exact) mass is 234 g/mol. The lowest BCUT2D eigenvalue weighted by molar-refractivity contribution is 0.171. The van der Waals surface area contributed by atoms with Crippen LogP contribution in [0.4, 0.5) is 0 Å². The molecule has 0 aliphatic rings. The standard InChI is InChI=1S/C13H18N2O2/c1-10(9-16-2)15-8-11-4-5-12(7-14)13(6-11)17-3/h4-6,10,15H,8-9H2,1-3H3. The third-order valence-electron chi connectivity index (χ3n) is 2.46. The first-order valence-electron chi connectivity index (χ1n) is 5.50. The number of nitrogens with zero attached hydrogens (tertiary/aromatic N) is 1. The smallest absolute Gasteiger partial charge is 0.136 e. The van der Waals surface area contributed by atoms with Crippen molar-refractivity contribution in [2.24, 2.45) is 0 Å². The zero-order chi connectivity index (χ0) is 12.7. The van der Waals surface area contributed by atoms with E-state index in [0.717, 1.165) is 12.1 Å². The molecule has 1 atom stereocenters. The van der Waals surface area contributed by atoms with Gasteiger partial charge >= 0.3 is 0 Å². The molecule has 0 saturated carbocycles. The molecular formula is C13H18N2O2. The van der Waals surface area contributed by atoms with E-state index in [2.05, 4.69) is 18.3 Å². The molecule has 0 amide bonds. The van der Waals surface area contributed by atoms with Gasteiger partial charge in [-0.3, -0.25) is 0 Å². The second-order valence-electron chi connectivity index (χ2n) is 3.88. The van der Waals surface area contributed by atoms with Gasteiger partial charge in [0.2, 0.25) is 0 Å². The second-order valence-corrected chi connectivity index (χ2v) is 3.88. The van der Waals surface area contributed by atoms with Crippen molar-refractivity contribution in [3.63, 3.8) is 0 Å². The molecule has 1 unspecified atom stereocenters. The minimum atomic E-state index is 0.293. The highest BCUT2D eigenvalue weighted by molar-refractivity contribution is 5.45. The predicted octanol–water partition coefficient (Wildman–Crippen LogP) is 1.69. The van der Waals surface area contributed by atoms with E-state index >= 15 is 0 Å². The fourth-order valence-electron chi connectivity index (χ4n) is 1.54. The van der Waals surface area contributed by atoms with Crippen LogP contribution in [0.2, 0.25) is 0 Å². The number of benzene rings is 1. The molecule has 4 heteroatoms. The minimum Gasteiger partial charge on any atom is -0.495 e. The van der Waals surface area contributed by atoms with Crippen molar-refractivity contribution in [1.29, 1.82) is 5.26 Å². The summed E-state index contributed by atoms with van der Waals surface area (Å²) in [5.74, 6) is 0.617. The van der Waals surface area contributed by atoms with Crippen LogP contribution in [0.1, 0.15) is 18.1 Å². The molecule has 0 radical (unpaired) electrons. The van der Waals surface area contributed by atoms with Crippen LogP contribution >= 0.6 is 0 Å². The van der Waals surface area contributed by atoms with Crippen molar-refractivity contribution in [2.75, 3.05) is 20.8 Å². The summed E-state index contributed by atoms with van der Waals surface area (Å²) in [5, 5.41) is 12.2. The Balaban J connectivity index is 2.64. The number of nitrogens with one attached hydrogen (secondary N) is 1. The molecule has 0 bridgehead atoms. The third-order valence-corrected chi connectivity index (χ3v) is 2.46. The zero-order valence-electron chi connectivity index (χ0n) is 10.5. The van der Waals surface area contributed by atoms with Gasteiger partial charge in [-0.1, -0.05) is 6.07 Å². The van der Waals surface area contributed by atoms with E-state index in [9.17, 15) is 0 Å². The Bertz CT molecular complexity index is 399. The van der Waals surface area contributed by atoms with Gasteiger partial charge in [-0.25, -0.2) is 0 Å². The van der Waals surface area contributed by atoms with Gasteiger partial charge in [0, 0.05) is 19.7 Å². The van der Waals surface area contributed by atoms with Crippen molar-refractivity contribution >= 4 is 0 Å². The maximum absolute atomic E-state index is 8.87. The van der Waals surface area contributed by atoms with Crippen molar-refractivity contribution in [2.45, 2.75) is 19.5 Å². The molecule has 0 aromatic heterocycles. The summed E-state index contributed by atoms with van der Waals surface area (Å²) in [4.78, 5) is 0. The average Bonchev–Trinajstić information content (AvgIpc) is 2.36. The van der Waals surface area contributed by atoms with Crippen molar-refractivity contribution in [1.82, 2.24) is 5.32 Å². The molecule has 4 nitrogen and oxygen atoms in total. The summed E-state index contributed by atoms with van der Waals surface area (Å²) in [6.07, 6.45) is 0. The van der Waals surface area contributed by atoms with Crippen molar-refractivity contribution in [3.8, 4) is 11.8 Å². The van der Waals surface area contributed by atoms with E-state index in [1.807, 2.05) is 12.1 Å². The zero-order valence-corrected chi connectivity index (χ0v) is 10.5. The Kier molecular flexibility index (Phi) is 5.47. The lowest BCUT2D eigenvalue weighted by Crippen LogP contribution is -2.29. The molecule has 1 aromatic rings. The second kappa shape index (κ2) is 6.89. The Morgan fingerprint density at radius 1 is 1.41 bits per heavy atom. The largest absolute Gasteiger partial charge is 0.495 e. The molecule has 17 heavy (non-hydrogen) atoms. The van der Waals surface area contributed by atoms with Gasteiger partial charge in [0.05, 0.1) is 19.3 Å². The summed E-state index contributed by atoms with van der Waals surface area (Å²) >= 11 is 0. The van der Waals surface area contributed by atoms with E-state index in [4.69, 9.17) is 14.7 Å². The quantitative estimate of drug-likeness (QED) is 0.813. The number of methoxy groups -OCH3 is 2. The summed E-state index contributed by atoms with van der Waals surface area (Å²) < 4.78 is 10.2. The summed E-state index contributed by atoms with van der Waals surface area (Å²) in [5.41, 5.74) is 1.64. The Labute approximate surface area is 102 Å². The summed E-state index contributed by atoms with van der Waals surface area (Å²) in [7, 11) is 3.25. The maximum atomic E-state index is 8.87. The van der Waals surface area contributed by atoms with Crippen LogP contribution in [0.5, 0.6) is 5.75 Å². The molecule has 0 spiro atoms. The summed E-state index contributed by atoms with van der Waals surface area (Å²) in [6, 6.07) is 7.97. The Morgan fingerprint density at radius 2 is 2.18 bits per heavy atom. The van der Waals surface area contributed by atoms with Crippen molar-refractivity contribution in [3.05, 3.63) is 29.3 Å². The number of rotatable bonds is 6. The van der Waals surface area contributed by atoms with E-state index in [1.165, 1.54) is 0 Å². The molecule has 0 aliphatic carbocycles. The van der Waals surface area contributed by atoms with Crippen LogP contribution in [0.15, 0.2) is 18.2 Å². The van der Waals surface area contributed by atoms with E-state index in [-0.39, 0.29) is 0 Å². The maximum Gasteiger partial charge on any atom is 0.136 e. The molecule has 0 aliphatic heterocycles. The Hall–Kier alpha value is -1.57. The molecular weight excluding hydrogens is 216 g/mol. The molecule has 92 valence electrons. The number of nitriles is 1. The van der Waals surface area contributed by atoms with E-state index in [0.29, 0.717) is 24.0 Å². The van der Waals surface area contributed by atoms with Gasteiger partial charge < -0.3 is 14.8 Å². The van der Waals surface area contributed by atoms with Crippen LogP contribution in [0.25, 0.3) is 0 Å². The fraction of sp³-hybridized carbons (Fsp3) is 0.462. The first-order valence-corrected chi connectivity index (χ1v) is 5.50. The predicted molar refractivity (Wildman–Crippen MR) is 65.9 cm³/mol.